The van der Waals surface area contributed by atoms with Crippen molar-refractivity contribution in [2.24, 2.45) is 0 Å². The summed E-state index contributed by atoms with van der Waals surface area (Å²) >= 11 is 0. The third-order valence-corrected chi connectivity index (χ3v) is 3.56. The molecule has 2 rings (SSSR count). The number of hydrogen-bond acceptors (Lipinski definition) is 5. The zero-order valence-corrected chi connectivity index (χ0v) is 13.9. The first kappa shape index (κ1) is 18.1. The molecule has 0 radical (unpaired) electrons. The number of ether oxygens (including phenoxy) is 2. The molecule has 1 N–H and O–H groups in total. The van der Waals surface area contributed by atoms with Crippen molar-refractivity contribution in [3.8, 4) is 0 Å². The lowest BCUT2D eigenvalue weighted by atomic mass is 10.0. The van der Waals surface area contributed by atoms with Gasteiger partial charge in [0.05, 0.1) is 12.7 Å². The third kappa shape index (κ3) is 6.48. The molecule has 1 aromatic carbocycles. The van der Waals surface area contributed by atoms with Crippen molar-refractivity contribution in [3.05, 3.63) is 65.5 Å². The monoisotopic (exact) mass is 329 g/mol. The Labute approximate surface area is 142 Å². The summed E-state index contributed by atoms with van der Waals surface area (Å²) in [5.41, 5.74) is 3.21. The van der Waals surface area contributed by atoms with Crippen LogP contribution in [0.2, 0.25) is 0 Å². The minimum Gasteiger partial charge on any atom is -0.463 e. The second kappa shape index (κ2) is 9.80. The molecule has 5 heteroatoms. The summed E-state index contributed by atoms with van der Waals surface area (Å²) in [6, 6.07) is 11.9. The van der Waals surface area contributed by atoms with Crippen LogP contribution in [0.25, 0.3) is 0 Å². The summed E-state index contributed by atoms with van der Waals surface area (Å²) in [6.45, 7) is 2.37. The van der Waals surface area contributed by atoms with Crippen molar-refractivity contribution >= 4 is 5.97 Å². The molecule has 0 amide bonds. The van der Waals surface area contributed by atoms with E-state index < -0.39 is 6.10 Å². The minimum atomic E-state index is -0.564. The molecule has 24 heavy (non-hydrogen) atoms. The van der Waals surface area contributed by atoms with Gasteiger partial charge in [-0.3, -0.25) is 9.78 Å². The maximum Gasteiger partial charge on any atom is 0.302 e. The van der Waals surface area contributed by atoms with Crippen LogP contribution in [-0.4, -0.2) is 35.9 Å². The number of aliphatic hydroxyl groups excluding tert-OH is 1. The van der Waals surface area contributed by atoms with E-state index in [4.69, 9.17) is 9.47 Å². The summed E-state index contributed by atoms with van der Waals surface area (Å²) in [5.74, 6) is -0.315. The molecule has 0 saturated heterocycles. The van der Waals surface area contributed by atoms with Crippen molar-refractivity contribution in [1.29, 1.82) is 0 Å². The van der Waals surface area contributed by atoms with E-state index in [0.29, 0.717) is 19.6 Å². The van der Waals surface area contributed by atoms with Gasteiger partial charge in [-0.15, -0.1) is 0 Å². The van der Waals surface area contributed by atoms with Gasteiger partial charge < -0.3 is 14.6 Å². The van der Waals surface area contributed by atoms with Gasteiger partial charge in [0.1, 0.15) is 6.61 Å². The fraction of sp³-hybridized carbons (Fsp3) is 0.368. The highest BCUT2D eigenvalue weighted by atomic mass is 16.6. The number of nitrogens with zero attached hydrogens (tertiary/aromatic N) is 1. The van der Waals surface area contributed by atoms with Crippen LogP contribution in [-0.2, 0) is 20.7 Å². The van der Waals surface area contributed by atoms with E-state index in [-0.39, 0.29) is 12.6 Å². The molecule has 5 nitrogen and oxygen atoms in total. The molecule has 0 aliphatic heterocycles. The molecule has 0 aliphatic carbocycles. The zero-order chi connectivity index (χ0) is 17.2. The summed E-state index contributed by atoms with van der Waals surface area (Å²) < 4.78 is 10.1. The fourth-order valence-corrected chi connectivity index (χ4v) is 2.30. The topological polar surface area (TPSA) is 68.7 Å². The molecule has 1 aromatic heterocycles. The Morgan fingerprint density at radius 2 is 1.92 bits per heavy atom. The normalized spacial score (nSPS) is 11.9. The Morgan fingerprint density at radius 1 is 1.12 bits per heavy atom. The maximum atomic E-state index is 10.6. The number of esters is 1. The average molecular weight is 329 g/mol. The second-order valence-corrected chi connectivity index (χ2v) is 5.54. The highest BCUT2D eigenvalue weighted by molar-refractivity contribution is 5.65. The van der Waals surface area contributed by atoms with Crippen molar-refractivity contribution in [2.75, 3.05) is 19.8 Å². The maximum absolute atomic E-state index is 10.6. The standard InChI is InChI=1S/C19H23NO4/c1-15(21)24-12-11-23-10-8-19(22)18-6-4-16(5-7-18)13-17-3-2-9-20-14-17/h2-7,9,14,19,22H,8,10-13H2,1H3. The van der Waals surface area contributed by atoms with Gasteiger partial charge in [-0.25, -0.2) is 0 Å². The van der Waals surface area contributed by atoms with Gasteiger partial charge in [0.2, 0.25) is 0 Å². The number of aliphatic hydroxyl groups is 1. The van der Waals surface area contributed by atoms with Crippen LogP contribution in [0.4, 0.5) is 0 Å². The average Bonchev–Trinajstić information content (AvgIpc) is 2.59. The lowest BCUT2D eigenvalue weighted by Gasteiger charge is -2.12. The number of rotatable bonds is 9. The van der Waals surface area contributed by atoms with Gasteiger partial charge in [0, 0.05) is 32.3 Å². The summed E-state index contributed by atoms with van der Waals surface area (Å²) in [5, 5.41) is 10.2. The van der Waals surface area contributed by atoms with Gasteiger partial charge in [0.15, 0.2) is 0 Å². The van der Waals surface area contributed by atoms with E-state index in [1.54, 1.807) is 6.20 Å². The highest BCUT2D eigenvalue weighted by Crippen LogP contribution is 2.18. The van der Waals surface area contributed by atoms with Crippen LogP contribution in [0, 0.1) is 0 Å². The van der Waals surface area contributed by atoms with Crippen molar-refractivity contribution < 1.29 is 19.4 Å². The molecule has 0 aliphatic rings. The number of aromatic nitrogens is 1. The van der Waals surface area contributed by atoms with E-state index >= 15 is 0 Å². The lowest BCUT2D eigenvalue weighted by molar-refractivity contribution is -0.142. The van der Waals surface area contributed by atoms with E-state index in [1.165, 1.54) is 12.5 Å². The molecule has 1 unspecified atom stereocenters. The van der Waals surface area contributed by atoms with E-state index in [9.17, 15) is 9.90 Å². The van der Waals surface area contributed by atoms with Crippen LogP contribution >= 0.6 is 0 Å². The Bertz CT molecular complexity index is 613. The van der Waals surface area contributed by atoms with Crippen molar-refractivity contribution in [3.63, 3.8) is 0 Å². The van der Waals surface area contributed by atoms with Crippen LogP contribution in [0.1, 0.15) is 36.1 Å². The van der Waals surface area contributed by atoms with E-state index in [0.717, 1.165) is 17.5 Å². The summed E-state index contributed by atoms with van der Waals surface area (Å²) in [4.78, 5) is 14.7. The quantitative estimate of drug-likeness (QED) is 0.566. The van der Waals surface area contributed by atoms with Gasteiger partial charge in [-0.05, 0) is 29.2 Å². The molecule has 2 aromatic rings. The Morgan fingerprint density at radius 3 is 2.58 bits per heavy atom. The number of carbonyl (C=O) groups excluding carboxylic acids is 1. The number of hydrogen-bond donors (Lipinski definition) is 1. The molecule has 0 spiro atoms. The molecule has 0 saturated carbocycles. The minimum absolute atomic E-state index is 0.245. The summed E-state index contributed by atoms with van der Waals surface area (Å²) in [6.07, 6.45) is 4.38. The molecule has 0 bridgehead atoms. The number of benzene rings is 1. The van der Waals surface area contributed by atoms with Crippen LogP contribution in [0.5, 0.6) is 0 Å². The SMILES string of the molecule is CC(=O)OCCOCCC(O)c1ccc(Cc2cccnc2)cc1. The molecular weight excluding hydrogens is 306 g/mol. The van der Waals surface area contributed by atoms with Gasteiger partial charge >= 0.3 is 5.97 Å². The lowest BCUT2D eigenvalue weighted by Crippen LogP contribution is -2.10. The number of carbonyl (C=O) groups is 1. The fourth-order valence-electron chi connectivity index (χ4n) is 2.30. The van der Waals surface area contributed by atoms with Crippen molar-refractivity contribution in [1.82, 2.24) is 4.98 Å². The van der Waals surface area contributed by atoms with E-state index in [2.05, 4.69) is 4.98 Å². The molecule has 128 valence electrons. The first-order valence-electron chi connectivity index (χ1n) is 8.02. The van der Waals surface area contributed by atoms with Crippen LogP contribution in [0.3, 0.4) is 0 Å². The predicted octanol–water partition coefficient (Wildman–Crippen LogP) is 2.68. The van der Waals surface area contributed by atoms with Crippen LogP contribution in [0.15, 0.2) is 48.8 Å². The summed E-state index contributed by atoms with van der Waals surface area (Å²) in [7, 11) is 0. The molecule has 1 heterocycles. The largest absolute Gasteiger partial charge is 0.463 e. The Kier molecular flexibility index (Phi) is 7.39. The third-order valence-electron chi connectivity index (χ3n) is 3.56. The number of pyridine rings is 1. The van der Waals surface area contributed by atoms with Gasteiger partial charge in [0.25, 0.3) is 0 Å². The van der Waals surface area contributed by atoms with E-state index in [1.807, 2.05) is 42.6 Å². The molecular formula is C19H23NO4. The van der Waals surface area contributed by atoms with Gasteiger partial charge in [-0.1, -0.05) is 30.3 Å². The van der Waals surface area contributed by atoms with Gasteiger partial charge in [-0.2, -0.15) is 0 Å². The molecule has 1 atom stereocenters. The predicted molar refractivity (Wildman–Crippen MR) is 90.5 cm³/mol. The Balaban J connectivity index is 1.73. The first-order valence-corrected chi connectivity index (χ1v) is 8.02. The Hall–Kier alpha value is -2.24. The van der Waals surface area contributed by atoms with Crippen LogP contribution < -0.4 is 0 Å². The smallest absolute Gasteiger partial charge is 0.302 e. The second-order valence-electron chi connectivity index (χ2n) is 5.54. The zero-order valence-electron chi connectivity index (χ0n) is 13.9. The first-order chi connectivity index (χ1) is 11.6. The van der Waals surface area contributed by atoms with Crippen molar-refractivity contribution in [2.45, 2.75) is 25.9 Å². The molecule has 0 fully saturated rings. The highest BCUT2D eigenvalue weighted by Gasteiger charge is 2.07.